The van der Waals surface area contributed by atoms with Crippen molar-refractivity contribution in [2.75, 3.05) is 19.6 Å². The molecule has 16 heavy (non-hydrogen) atoms. The maximum atomic E-state index is 12.3. The molecule has 1 aliphatic rings. The zero-order valence-corrected chi connectivity index (χ0v) is 9.09. The van der Waals surface area contributed by atoms with Crippen LogP contribution in [-0.2, 0) is 6.18 Å². The second-order valence-electron chi connectivity index (χ2n) is 4.17. The maximum Gasteiger partial charge on any atom is 0.416 e. The number of alkyl halides is 3. The molecule has 1 fully saturated rings. The molecular formula is C12H14F3N. The van der Waals surface area contributed by atoms with E-state index in [1.54, 1.807) is 12.1 Å². The number of likely N-dealkylation sites (N-methyl/N-ethyl adjacent to an activating group) is 1. The topological polar surface area (TPSA) is 3.24 Å². The van der Waals surface area contributed by atoms with Crippen LogP contribution in [0.2, 0.25) is 0 Å². The van der Waals surface area contributed by atoms with Crippen LogP contribution in [0.3, 0.4) is 0 Å². The van der Waals surface area contributed by atoms with Crippen LogP contribution >= 0.6 is 0 Å². The Kier molecular flexibility index (Phi) is 2.93. The van der Waals surface area contributed by atoms with Gasteiger partial charge in [-0.1, -0.05) is 19.1 Å². The predicted molar refractivity (Wildman–Crippen MR) is 56.3 cm³/mol. The molecule has 1 heterocycles. The number of hydrogen-bond acceptors (Lipinski definition) is 1. The highest BCUT2D eigenvalue weighted by atomic mass is 19.4. The normalized spacial score (nSPS) is 18.5. The molecule has 1 saturated heterocycles. The molecule has 0 radical (unpaired) electrons. The first kappa shape index (κ1) is 11.5. The minimum atomic E-state index is -4.23. The van der Waals surface area contributed by atoms with Crippen LogP contribution in [0.1, 0.15) is 24.0 Å². The van der Waals surface area contributed by atoms with Crippen LogP contribution < -0.4 is 0 Å². The summed E-state index contributed by atoms with van der Waals surface area (Å²) >= 11 is 0. The molecular weight excluding hydrogens is 215 g/mol. The minimum Gasteiger partial charge on any atom is -0.302 e. The van der Waals surface area contributed by atoms with E-state index >= 15 is 0 Å². The van der Waals surface area contributed by atoms with Crippen molar-refractivity contribution < 1.29 is 13.2 Å². The first-order valence-corrected chi connectivity index (χ1v) is 5.40. The Morgan fingerprint density at radius 2 is 1.75 bits per heavy atom. The molecule has 88 valence electrons. The van der Waals surface area contributed by atoms with Gasteiger partial charge in [0, 0.05) is 19.0 Å². The van der Waals surface area contributed by atoms with Crippen LogP contribution in [0.4, 0.5) is 13.2 Å². The molecule has 4 heteroatoms. The summed E-state index contributed by atoms with van der Waals surface area (Å²) in [4.78, 5) is 2.27. The summed E-state index contributed by atoms with van der Waals surface area (Å²) < 4.78 is 37.0. The zero-order chi connectivity index (χ0) is 11.8. The lowest BCUT2D eigenvalue weighted by Gasteiger charge is -2.38. The van der Waals surface area contributed by atoms with Crippen molar-refractivity contribution in [3.05, 3.63) is 35.4 Å². The second-order valence-corrected chi connectivity index (χ2v) is 4.17. The van der Waals surface area contributed by atoms with E-state index in [9.17, 15) is 13.2 Å². The summed E-state index contributed by atoms with van der Waals surface area (Å²) in [5, 5.41) is 0. The smallest absolute Gasteiger partial charge is 0.302 e. The molecule has 0 aromatic heterocycles. The number of halogens is 3. The molecule has 0 aliphatic carbocycles. The number of rotatable bonds is 2. The second kappa shape index (κ2) is 4.09. The van der Waals surface area contributed by atoms with Gasteiger partial charge in [-0.25, -0.2) is 0 Å². The highest BCUT2D eigenvalue weighted by Crippen LogP contribution is 2.32. The molecule has 0 amide bonds. The van der Waals surface area contributed by atoms with Gasteiger partial charge >= 0.3 is 6.18 Å². The molecule has 0 N–H and O–H groups in total. The van der Waals surface area contributed by atoms with Gasteiger partial charge < -0.3 is 4.90 Å². The molecule has 0 unspecified atom stereocenters. The Morgan fingerprint density at radius 3 is 2.19 bits per heavy atom. The van der Waals surface area contributed by atoms with Crippen LogP contribution in [0.15, 0.2) is 24.3 Å². The fourth-order valence-electron chi connectivity index (χ4n) is 1.98. The molecule has 1 aliphatic heterocycles. The Bertz CT molecular complexity index is 350. The standard InChI is InChI=1S/C12H14F3N/c1-2-16-7-10(8-16)9-3-5-11(6-4-9)12(13,14)15/h3-6,10H,2,7-8H2,1H3. The molecule has 2 rings (SSSR count). The van der Waals surface area contributed by atoms with Crippen molar-refractivity contribution in [3.8, 4) is 0 Å². The Morgan fingerprint density at radius 1 is 1.19 bits per heavy atom. The lowest BCUT2D eigenvalue weighted by molar-refractivity contribution is -0.137. The monoisotopic (exact) mass is 229 g/mol. The molecule has 0 bridgehead atoms. The third-order valence-electron chi connectivity index (χ3n) is 3.11. The van der Waals surface area contributed by atoms with Gasteiger partial charge in [-0.15, -0.1) is 0 Å². The molecule has 0 spiro atoms. The van der Waals surface area contributed by atoms with E-state index in [4.69, 9.17) is 0 Å². The third-order valence-corrected chi connectivity index (χ3v) is 3.11. The van der Waals surface area contributed by atoms with Crippen LogP contribution in [-0.4, -0.2) is 24.5 Å². The van der Waals surface area contributed by atoms with Crippen molar-refractivity contribution in [1.29, 1.82) is 0 Å². The average Bonchev–Trinajstić information content (AvgIpc) is 2.15. The van der Waals surface area contributed by atoms with Gasteiger partial charge in [0.15, 0.2) is 0 Å². The summed E-state index contributed by atoms with van der Waals surface area (Å²) in [6, 6.07) is 5.54. The average molecular weight is 229 g/mol. The maximum absolute atomic E-state index is 12.3. The molecule has 0 saturated carbocycles. The lowest BCUT2D eigenvalue weighted by atomic mass is 9.91. The number of nitrogens with zero attached hydrogens (tertiary/aromatic N) is 1. The van der Waals surface area contributed by atoms with E-state index in [0.717, 1.165) is 25.2 Å². The van der Waals surface area contributed by atoms with Crippen molar-refractivity contribution in [1.82, 2.24) is 4.90 Å². The highest BCUT2D eigenvalue weighted by molar-refractivity contribution is 5.28. The van der Waals surface area contributed by atoms with E-state index in [2.05, 4.69) is 11.8 Å². The van der Waals surface area contributed by atoms with E-state index in [1.807, 2.05) is 0 Å². The van der Waals surface area contributed by atoms with Gasteiger partial charge in [0.1, 0.15) is 0 Å². The highest BCUT2D eigenvalue weighted by Gasteiger charge is 2.31. The quantitative estimate of drug-likeness (QED) is 0.753. The fourth-order valence-corrected chi connectivity index (χ4v) is 1.98. The summed E-state index contributed by atoms with van der Waals surface area (Å²) in [5.41, 5.74) is 0.445. The fraction of sp³-hybridized carbons (Fsp3) is 0.500. The van der Waals surface area contributed by atoms with E-state index < -0.39 is 11.7 Å². The van der Waals surface area contributed by atoms with Crippen molar-refractivity contribution >= 4 is 0 Å². The first-order valence-electron chi connectivity index (χ1n) is 5.40. The SMILES string of the molecule is CCN1CC(c2ccc(C(F)(F)F)cc2)C1. The zero-order valence-electron chi connectivity index (χ0n) is 9.09. The van der Waals surface area contributed by atoms with Gasteiger partial charge in [0.2, 0.25) is 0 Å². The largest absolute Gasteiger partial charge is 0.416 e. The Hall–Kier alpha value is -1.03. The van der Waals surface area contributed by atoms with Crippen LogP contribution in [0, 0.1) is 0 Å². The minimum absolute atomic E-state index is 0.405. The first-order chi connectivity index (χ1) is 7.50. The molecule has 1 nitrogen and oxygen atoms in total. The van der Waals surface area contributed by atoms with Gasteiger partial charge in [-0.05, 0) is 24.2 Å². The summed E-state index contributed by atoms with van der Waals surface area (Å²) in [6.45, 7) is 5.02. The number of likely N-dealkylation sites (tertiary alicyclic amines) is 1. The van der Waals surface area contributed by atoms with Gasteiger partial charge in [-0.3, -0.25) is 0 Å². The van der Waals surface area contributed by atoms with Gasteiger partial charge in [0.25, 0.3) is 0 Å². The molecule has 1 aromatic carbocycles. The van der Waals surface area contributed by atoms with Crippen LogP contribution in [0.25, 0.3) is 0 Å². The van der Waals surface area contributed by atoms with E-state index in [0.29, 0.717) is 5.92 Å². The van der Waals surface area contributed by atoms with E-state index in [1.165, 1.54) is 12.1 Å². The Balaban J connectivity index is 2.04. The van der Waals surface area contributed by atoms with Gasteiger partial charge in [0.05, 0.1) is 5.56 Å². The summed E-state index contributed by atoms with van der Waals surface area (Å²) in [7, 11) is 0. The van der Waals surface area contributed by atoms with Gasteiger partial charge in [-0.2, -0.15) is 13.2 Å². The van der Waals surface area contributed by atoms with Crippen LogP contribution in [0.5, 0.6) is 0 Å². The van der Waals surface area contributed by atoms with Crippen molar-refractivity contribution in [2.45, 2.75) is 19.0 Å². The summed E-state index contributed by atoms with van der Waals surface area (Å²) in [5.74, 6) is 0.405. The summed E-state index contributed by atoms with van der Waals surface area (Å²) in [6.07, 6.45) is -4.23. The molecule has 1 aromatic rings. The lowest BCUT2D eigenvalue weighted by Crippen LogP contribution is -2.44. The Labute approximate surface area is 92.9 Å². The third kappa shape index (κ3) is 2.21. The van der Waals surface area contributed by atoms with Crippen molar-refractivity contribution in [2.24, 2.45) is 0 Å². The number of hydrogen-bond donors (Lipinski definition) is 0. The number of benzene rings is 1. The predicted octanol–water partition coefficient (Wildman–Crippen LogP) is 3.12. The van der Waals surface area contributed by atoms with Crippen molar-refractivity contribution in [3.63, 3.8) is 0 Å². The van der Waals surface area contributed by atoms with E-state index in [-0.39, 0.29) is 0 Å². The molecule has 0 atom stereocenters.